The molecule has 3 heterocycles. The monoisotopic (exact) mass is 391 g/mol. The molecule has 27 heavy (non-hydrogen) atoms. The highest BCUT2D eigenvalue weighted by Gasteiger charge is 2.40. The van der Waals surface area contributed by atoms with Crippen LogP contribution < -0.4 is 4.90 Å². The van der Waals surface area contributed by atoms with Gasteiger partial charge in [-0.2, -0.15) is 4.31 Å². The maximum Gasteiger partial charge on any atom is 0.246 e. The van der Waals surface area contributed by atoms with E-state index in [1.54, 1.807) is 18.2 Å². The molecule has 0 unspecified atom stereocenters. The predicted molar refractivity (Wildman–Crippen MR) is 101 cm³/mol. The minimum absolute atomic E-state index is 0.0390. The van der Waals surface area contributed by atoms with Gasteiger partial charge in [-0.25, -0.2) is 8.42 Å². The Bertz CT molecular complexity index is 871. The van der Waals surface area contributed by atoms with Crippen molar-refractivity contribution in [3.8, 4) is 0 Å². The zero-order valence-electron chi connectivity index (χ0n) is 15.6. The van der Waals surface area contributed by atoms with Crippen molar-refractivity contribution in [1.29, 1.82) is 0 Å². The SMILES string of the molecule is CC(=O)N1c2ccc(S(=O)(=O)N3CCCC3)cc2C[C@@H]1C(=O)N1CCCC1. The van der Waals surface area contributed by atoms with Crippen LogP contribution in [0.25, 0.3) is 0 Å². The van der Waals surface area contributed by atoms with Crippen molar-refractivity contribution in [3.05, 3.63) is 23.8 Å². The average molecular weight is 391 g/mol. The van der Waals surface area contributed by atoms with Gasteiger partial charge in [0, 0.05) is 45.2 Å². The van der Waals surface area contributed by atoms with Crippen molar-refractivity contribution in [2.45, 2.75) is 50.0 Å². The quantitative estimate of drug-likeness (QED) is 0.780. The number of carbonyl (C=O) groups is 2. The molecule has 4 rings (SSSR count). The zero-order chi connectivity index (χ0) is 19.2. The summed E-state index contributed by atoms with van der Waals surface area (Å²) in [4.78, 5) is 28.8. The second-order valence-electron chi connectivity index (χ2n) is 7.54. The molecule has 3 aliphatic heterocycles. The second kappa shape index (κ2) is 6.91. The van der Waals surface area contributed by atoms with E-state index < -0.39 is 16.1 Å². The molecular formula is C19H25N3O4S. The third-order valence-electron chi connectivity index (χ3n) is 5.78. The topological polar surface area (TPSA) is 78.0 Å². The van der Waals surface area contributed by atoms with E-state index in [1.165, 1.54) is 16.1 Å². The molecule has 0 N–H and O–H groups in total. The molecule has 2 fully saturated rings. The van der Waals surface area contributed by atoms with Crippen molar-refractivity contribution in [2.75, 3.05) is 31.1 Å². The standard InChI is InChI=1S/C19H25N3O4S/c1-14(23)22-17-7-6-16(27(25,26)21-10-4-5-11-21)12-15(17)13-18(22)19(24)20-8-2-3-9-20/h6-7,12,18H,2-5,8-11,13H2,1H3/t18-/m1/s1. The van der Waals surface area contributed by atoms with Crippen molar-refractivity contribution >= 4 is 27.5 Å². The van der Waals surface area contributed by atoms with Crippen LogP contribution in [-0.4, -0.2) is 61.7 Å². The lowest BCUT2D eigenvalue weighted by atomic mass is 10.1. The van der Waals surface area contributed by atoms with Crippen LogP contribution in [0.2, 0.25) is 0 Å². The Morgan fingerprint density at radius 3 is 2.26 bits per heavy atom. The molecule has 0 spiro atoms. The van der Waals surface area contributed by atoms with Gasteiger partial charge in [-0.15, -0.1) is 0 Å². The predicted octanol–water partition coefficient (Wildman–Crippen LogP) is 1.37. The maximum atomic E-state index is 12.9. The molecule has 2 amide bonds. The molecule has 3 aliphatic rings. The van der Waals surface area contributed by atoms with E-state index in [-0.39, 0.29) is 16.7 Å². The smallest absolute Gasteiger partial charge is 0.246 e. The number of rotatable bonds is 3. The van der Waals surface area contributed by atoms with Gasteiger partial charge < -0.3 is 4.90 Å². The van der Waals surface area contributed by atoms with Crippen LogP contribution in [0, 0.1) is 0 Å². The second-order valence-corrected chi connectivity index (χ2v) is 9.48. The van der Waals surface area contributed by atoms with Gasteiger partial charge >= 0.3 is 0 Å². The van der Waals surface area contributed by atoms with E-state index in [9.17, 15) is 18.0 Å². The molecule has 1 atom stereocenters. The molecule has 0 saturated carbocycles. The van der Waals surface area contributed by atoms with E-state index in [2.05, 4.69) is 0 Å². The number of likely N-dealkylation sites (tertiary alicyclic amines) is 1. The summed E-state index contributed by atoms with van der Waals surface area (Å²) in [6, 6.07) is 4.32. The van der Waals surface area contributed by atoms with Crippen LogP contribution in [0.1, 0.15) is 38.2 Å². The van der Waals surface area contributed by atoms with E-state index in [0.717, 1.165) is 44.3 Å². The van der Waals surface area contributed by atoms with Gasteiger partial charge in [0.25, 0.3) is 0 Å². The summed E-state index contributed by atoms with van der Waals surface area (Å²) in [7, 11) is -3.52. The van der Waals surface area contributed by atoms with Gasteiger partial charge in [0.1, 0.15) is 6.04 Å². The normalized spacial score (nSPS) is 23.1. The number of nitrogens with zero attached hydrogens (tertiary/aromatic N) is 3. The minimum Gasteiger partial charge on any atom is -0.341 e. The summed E-state index contributed by atoms with van der Waals surface area (Å²) < 4.78 is 27.2. The first-order valence-electron chi connectivity index (χ1n) is 9.61. The third-order valence-corrected chi connectivity index (χ3v) is 7.67. The lowest BCUT2D eigenvalue weighted by Crippen LogP contribution is -2.48. The molecule has 0 bridgehead atoms. The van der Waals surface area contributed by atoms with E-state index in [4.69, 9.17) is 0 Å². The largest absolute Gasteiger partial charge is 0.341 e. The molecule has 1 aromatic rings. The van der Waals surface area contributed by atoms with E-state index in [1.807, 2.05) is 4.90 Å². The van der Waals surface area contributed by atoms with Gasteiger partial charge in [-0.3, -0.25) is 14.5 Å². The van der Waals surface area contributed by atoms with Crippen LogP contribution in [-0.2, 0) is 26.0 Å². The van der Waals surface area contributed by atoms with Crippen LogP contribution in [0.15, 0.2) is 23.1 Å². The number of hydrogen-bond donors (Lipinski definition) is 0. The van der Waals surface area contributed by atoms with Crippen LogP contribution in [0.3, 0.4) is 0 Å². The van der Waals surface area contributed by atoms with Gasteiger partial charge in [0.15, 0.2) is 0 Å². The Morgan fingerprint density at radius 1 is 1.00 bits per heavy atom. The molecule has 2 saturated heterocycles. The zero-order valence-corrected chi connectivity index (χ0v) is 16.4. The van der Waals surface area contributed by atoms with Crippen molar-refractivity contribution in [3.63, 3.8) is 0 Å². The first kappa shape index (κ1) is 18.4. The van der Waals surface area contributed by atoms with E-state index >= 15 is 0 Å². The number of sulfonamides is 1. The summed E-state index contributed by atoms with van der Waals surface area (Å²) in [5.41, 5.74) is 1.41. The molecule has 0 aromatic heterocycles. The third kappa shape index (κ3) is 3.14. The number of amides is 2. The highest BCUT2D eigenvalue weighted by Crippen LogP contribution is 2.36. The Morgan fingerprint density at radius 2 is 1.63 bits per heavy atom. The first-order valence-corrected chi connectivity index (χ1v) is 11.1. The first-order chi connectivity index (χ1) is 12.9. The molecule has 0 radical (unpaired) electrons. The van der Waals surface area contributed by atoms with Crippen molar-refractivity contribution in [2.24, 2.45) is 0 Å². The number of anilines is 1. The Kier molecular flexibility index (Phi) is 4.71. The fourth-order valence-corrected chi connectivity index (χ4v) is 5.97. The van der Waals surface area contributed by atoms with Crippen molar-refractivity contribution in [1.82, 2.24) is 9.21 Å². The van der Waals surface area contributed by atoms with Crippen LogP contribution >= 0.6 is 0 Å². The number of hydrogen-bond acceptors (Lipinski definition) is 4. The lowest BCUT2D eigenvalue weighted by Gasteiger charge is -2.27. The van der Waals surface area contributed by atoms with E-state index in [0.29, 0.717) is 25.2 Å². The van der Waals surface area contributed by atoms with Crippen molar-refractivity contribution < 1.29 is 18.0 Å². The highest BCUT2D eigenvalue weighted by molar-refractivity contribution is 7.89. The fourth-order valence-electron chi connectivity index (χ4n) is 4.40. The molecule has 1 aromatic carbocycles. The molecule has 0 aliphatic carbocycles. The number of carbonyl (C=O) groups excluding carboxylic acids is 2. The number of benzene rings is 1. The van der Waals surface area contributed by atoms with Gasteiger partial charge in [-0.05, 0) is 49.4 Å². The molecular weight excluding hydrogens is 366 g/mol. The Labute approximate surface area is 160 Å². The van der Waals surface area contributed by atoms with Gasteiger partial charge in [0.2, 0.25) is 21.8 Å². The summed E-state index contributed by atoms with van der Waals surface area (Å²) >= 11 is 0. The Balaban J connectivity index is 1.66. The Hall–Kier alpha value is -1.93. The van der Waals surface area contributed by atoms with Gasteiger partial charge in [-0.1, -0.05) is 0 Å². The summed E-state index contributed by atoms with van der Waals surface area (Å²) in [5, 5.41) is 0. The summed E-state index contributed by atoms with van der Waals surface area (Å²) in [6.45, 7) is 4.01. The maximum absolute atomic E-state index is 12.9. The molecule has 8 heteroatoms. The molecule has 146 valence electrons. The highest BCUT2D eigenvalue weighted by atomic mass is 32.2. The van der Waals surface area contributed by atoms with Crippen LogP contribution in [0.4, 0.5) is 5.69 Å². The minimum atomic E-state index is -3.52. The lowest BCUT2D eigenvalue weighted by molar-refractivity contribution is -0.133. The van der Waals surface area contributed by atoms with Crippen LogP contribution in [0.5, 0.6) is 0 Å². The average Bonchev–Trinajstić information content (AvgIpc) is 3.40. The number of fused-ring (bicyclic) bond motifs is 1. The summed E-state index contributed by atoms with van der Waals surface area (Å²) in [6.07, 6.45) is 4.12. The fraction of sp³-hybridized carbons (Fsp3) is 0.579. The molecule has 7 nitrogen and oxygen atoms in total. The van der Waals surface area contributed by atoms with Gasteiger partial charge in [0.05, 0.1) is 4.90 Å². The summed E-state index contributed by atoms with van der Waals surface area (Å²) in [5.74, 6) is -0.232.